The number of rotatable bonds is 10. The SMILES string of the molecule is CCCNC(=O)[C@H](C)N(Cc1ccc(F)cc1)C(=O)CN(c1cccc(Cl)c1C)S(C)(=O)=O. The molecule has 0 unspecified atom stereocenters. The van der Waals surface area contributed by atoms with Crippen molar-refractivity contribution in [1.29, 1.82) is 0 Å². The summed E-state index contributed by atoms with van der Waals surface area (Å²) in [5, 5.41) is 3.12. The first-order valence-electron chi connectivity index (χ1n) is 10.5. The lowest BCUT2D eigenvalue weighted by Gasteiger charge is -2.32. The van der Waals surface area contributed by atoms with E-state index in [9.17, 15) is 22.4 Å². The lowest BCUT2D eigenvalue weighted by atomic mass is 10.1. The monoisotopic (exact) mass is 497 g/mol. The molecule has 0 spiro atoms. The second-order valence-electron chi connectivity index (χ2n) is 7.77. The quantitative estimate of drug-likeness (QED) is 0.544. The van der Waals surface area contributed by atoms with Crippen molar-refractivity contribution in [2.24, 2.45) is 0 Å². The highest BCUT2D eigenvalue weighted by Crippen LogP contribution is 2.28. The molecule has 180 valence electrons. The van der Waals surface area contributed by atoms with Crippen LogP contribution in [0, 0.1) is 12.7 Å². The third-order valence-corrected chi connectivity index (χ3v) is 6.71. The van der Waals surface area contributed by atoms with E-state index < -0.39 is 34.3 Å². The molecule has 2 amide bonds. The molecule has 0 radical (unpaired) electrons. The topological polar surface area (TPSA) is 86.8 Å². The van der Waals surface area contributed by atoms with Gasteiger partial charge in [0.15, 0.2) is 0 Å². The van der Waals surface area contributed by atoms with Gasteiger partial charge in [-0.2, -0.15) is 0 Å². The fraction of sp³-hybridized carbons (Fsp3) is 0.391. The molecule has 2 rings (SSSR count). The van der Waals surface area contributed by atoms with Crippen LogP contribution in [0.3, 0.4) is 0 Å². The summed E-state index contributed by atoms with van der Waals surface area (Å²) in [7, 11) is -3.85. The van der Waals surface area contributed by atoms with E-state index in [-0.39, 0.29) is 18.1 Å². The van der Waals surface area contributed by atoms with Crippen LogP contribution in [0.25, 0.3) is 0 Å². The molecule has 2 aromatic rings. The summed E-state index contributed by atoms with van der Waals surface area (Å²) in [6, 6.07) is 9.47. The molecule has 0 bridgehead atoms. The van der Waals surface area contributed by atoms with Gasteiger partial charge in [0.05, 0.1) is 11.9 Å². The Labute approximate surface area is 199 Å². The van der Waals surface area contributed by atoms with E-state index in [1.807, 2.05) is 6.92 Å². The minimum Gasteiger partial charge on any atom is -0.354 e. The molecule has 0 aromatic heterocycles. The first-order chi connectivity index (χ1) is 15.5. The molecule has 1 N–H and O–H groups in total. The molecule has 7 nitrogen and oxygen atoms in total. The summed E-state index contributed by atoms with van der Waals surface area (Å²) in [5.74, 6) is -1.37. The van der Waals surface area contributed by atoms with Crippen LogP contribution in [0.15, 0.2) is 42.5 Å². The maximum Gasteiger partial charge on any atom is 0.244 e. The van der Waals surface area contributed by atoms with Crippen molar-refractivity contribution in [1.82, 2.24) is 10.2 Å². The van der Waals surface area contributed by atoms with Gasteiger partial charge < -0.3 is 10.2 Å². The van der Waals surface area contributed by atoms with Gasteiger partial charge >= 0.3 is 0 Å². The summed E-state index contributed by atoms with van der Waals surface area (Å²) in [5.41, 5.74) is 1.39. The second-order valence-corrected chi connectivity index (χ2v) is 10.1. The number of hydrogen-bond donors (Lipinski definition) is 1. The van der Waals surface area contributed by atoms with Crippen LogP contribution < -0.4 is 9.62 Å². The molecule has 0 aliphatic rings. The van der Waals surface area contributed by atoms with E-state index in [0.717, 1.165) is 17.0 Å². The number of carbonyl (C=O) groups is 2. The van der Waals surface area contributed by atoms with Gasteiger partial charge in [0.25, 0.3) is 0 Å². The number of nitrogens with one attached hydrogen (secondary N) is 1. The Kier molecular flexibility index (Phi) is 9.25. The van der Waals surface area contributed by atoms with E-state index in [1.165, 1.54) is 29.2 Å². The normalized spacial score (nSPS) is 12.2. The molecule has 0 aliphatic heterocycles. The highest BCUT2D eigenvalue weighted by Gasteiger charge is 2.30. The molecule has 10 heteroatoms. The smallest absolute Gasteiger partial charge is 0.244 e. The molecule has 2 aromatic carbocycles. The lowest BCUT2D eigenvalue weighted by molar-refractivity contribution is -0.139. The Balaban J connectivity index is 2.40. The molecule has 0 aliphatic carbocycles. The Morgan fingerprint density at radius 2 is 1.79 bits per heavy atom. The van der Waals surface area contributed by atoms with Crippen molar-refractivity contribution >= 4 is 39.1 Å². The number of anilines is 1. The maximum atomic E-state index is 13.4. The lowest BCUT2D eigenvalue weighted by Crippen LogP contribution is -2.51. The number of hydrogen-bond acceptors (Lipinski definition) is 4. The van der Waals surface area contributed by atoms with Gasteiger partial charge in [-0.15, -0.1) is 0 Å². The highest BCUT2D eigenvalue weighted by atomic mass is 35.5. The largest absolute Gasteiger partial charge is 0.354 e. The predicted molar refractivity (Wildman–Crippen MR) is 128 cm³/mol. The van der Waals surface area contributed by atoms with E-state index in [2.05, 4.69) is 5.32 Å². The van der Waals surface area contributed by atoms with Crippen molar-refractivity contribution < 1.29 is 22.4 Å². The Morgan fingerprint density at radius 3 is 2.36 bits per heavy atom. The van der Waals surface area contributed by atoms with Gasteiger partial charge in [-0.05, 0) is 55.7 Å². The van der Waals surface area contributed by atoms with Gasteiger partial charge in [0.2, 0.25) is 21.8 Å². The third-order valence-electron chi connectivity index (χ3n) is 5.17. The highest BCUT2D eigenvalue weighted by molar-refractivity contribution is 7.92. The summed E-state index contributed by atoms with van der Waals surface area (Å²) in [6.07, 6.45) is 1.72. The molecular formula is C23H29ClFN3O4S. The van der Waals surface area contributed by atoms with Gasteiger partial charge in [0, 0.05) is 18.1 Å². The van der Waals surface area contributed by atoms with Crippen LogP contribution in [0.4, 0.5) is 10.1 Å². The van der Waals surface area contributed by atoms with Crippen LogP contribution in [-0.4, -0.2) is 50.5 Å². The average molecular weight is 498 g/mol. The maximum absolute atomic E-state index is 13.4. The summed E-state index contributed by atoms with van der Waals surface area (Å²) in [4.78, 5) is 27.3. The average Bonchev–Trinajstić information content (AvgIpc) is 2.76. The standard InChI is InChI=1S/C23H29ClFN3O4S/c1-5-13-26-23(30)17(3)27(14-18-9-11-19(25)12-10-18)22(29)15-28(33(4,31)32)21-8-6-7-20(24)16(21)2/h6-12,17H,5,13-15H2,1-4H3,(H,26,30)/t17-/m0/s1. The Morgan fingerprint density at radius 1 is 1.15 bits per heavy atom. The molecule has 0 saturated heterocycles. The fourth-order valence-corrected chi connectivity index (χ4v) is 4.30. The van der Waals surface area contributed by atoms with Crippen LogP contribution in [-0.2, 0) is 26.2 Å². The van der Waals surface area contributed by atoms with Crippen molar-refractivity contribution in [3.63, 3.8) is 0 Å². The van der Waals surface area contributed by atoms with Crippen LogP contribution in [0.1, 0.15) is 31.4 Å². The molecule has 0 heterocycles. The second kappa shape index (κ2) is 11.5. The fourth-order valence-electron chi connectivity index (χ4n) is 3.23. The zero-order chi connectivity index (χ0) is 24.8. The first-order valence-corrected chi connectivity index (χ1v) is 12.7. The number of amides is 2. The van der Waals surface area contributed by atoms with E-state index in [1.54, 1.807) is 32.0 Å². The van der Waals surface area contributed by atoms with E-state index in [0.29, 0.717) is 22.7 Å². The van der Waals surface area contributed by atoms with E-state index in [4.69, 9.17) is 11.6 Å². The van der Waals surface area contributed by atoms with Crippen molar-refractivity contribution in [3.8, 4) is 0 Å². The van der Waals surface area contributed by atoms with Gasteiger partial charge in [-0.3, -0.25) is 13.9 Å². The Hall–Kier alpha value is -2.65. The molecule has 33 heavy (non-hydrogen) atoms. The van der Waals surface area contributed by atoms with Gasteiger partial charge in [-0.25, -0.2) is 12.8 Å². The van der Waals surface area contributed by atoms with Crippen molar-refractivity contribution in [2.45, 2.75) is 39.8 Å². The molecule has 1 atom stereocenters. The molecule has 0 fully saturated rings. The number of carbonyl (C=O) groups excluding carboxylic acids is 2. The van der Waals surface area contributed by atoms with Gasteiger partial charge in [0.1, 0.15) is 18.4 Å². The molecular weight excluding hydrogens is 469 g/mol. The summed E-state index contributed by atoms with van der Waals surface area (Å²) < 4.78 is 39.5. The zero-order valence-corrected chi connectivity index (χ0v) is 20.7. The van der Waals surface area contributed by atoms with Crippen molar-refractivity contribution in [2.75, 3.05) is 23.7 Å². The Bertz CT molecular complexity index is 1090. The van der Waals surface area contributed by atoms with Crippen LogP contribution in [0.2, 0.25) is 5.02 Å². The molecule has 0 saturated carbocycles. The third kappa shape index (κ3) is 7.17. The van der Waals surface area contributed by atoms with Crippen molar-refractivity contribution in [3.05, 3.63) is 64.4 Å². The zero-order valence-electron chi connectivity index (χ0n) is 19.1. The number of halogens is 2. The summed E-state index contributed by atoms with van der Waals surface area (Å²) >= 11 is 6.17. The van der Waals surface area contributed by atoms with Crippen LogP contribution in [0.5, 0.6) is 0 Å². The minimum absolute atomic E-state index is 0.00591. The van der Waals surface area contributed by atoms with Crippen LogP contribution >= 0.6 is 11.6 Å². The van der Waals surface area contributed by atoms with Gasteiger partial charge in [-0.1, -0.05) is 36.7 Å². The number of sulfonamides is 1. The number of benzene rings is 2. The summed E-state index contributed by atoms with van der Waals surface area (Å²) in [6.45, 7) is 5.07. The predicted octanol–water partition coefficient (Wildman–Crippen LogP) is 3.50. The van der Waals surface area contributed by atoms with E-state index >= 15 is 0 Å². The first kappa shape index (κ1) is 26.6. The number of nitrogens with zero attached hydrogens (tertiary/aromatic N) is 2. The minimum atomic E-state index is -3.85.